The van der Waals surface area contributed by atoms with Crippen molar-refractivity contribution in [3.05, 3.63) is 41.8 Å². The van der Waals surface area contributed by atoms with Gasteiger partial charge in [-0.2, -0.15) is 0 Å². The van der Waals surface area contributed by atoms with Crippen LogP contribution in [0, 0.1) is 11.7 Å². The number of amides is 2. The molecule has 7 heteroatoms. The molecular formula is C15H14FN3O3. The summed E-state index contributed by atoms with van der Waals surface area (Å²) in [5.41, 5.74) is 5.57. The van der Waals surface area contributed by atoms with Gasteiger partial charge in [0.05, 0.1) is 11.5 Å². The van der Waals surface area contributed by atoms with Crippen molar-refractivity contribution in [2.75, 3.05) is 13.1 Å². The summed E-state index contributed by atoms with van der Waals surface area (Å²) in [7, 11) is 0. The Labute approximate surface area is 125 Å². The molecule has 1 aliphatic rings. The van der Waals surface area contributed by atoms with Crippen molar-refractivity contribution < 1.29 is 18.5 Å². The molecule has 6 nitrogen and oxygen atoms in total. The number of nitrogens with zero attached hydrogens (tertiary/aromatic N) is 2. The highest BCUT2D eigenvalue weighted by Crippen LogP contribution is 2.25. The summed E-state index contributed by atoms with van der Waals surface area (Å²) in [5.74, 6) is -1.36. The van der Waals surface area contributed by atoms with Crippen LogP contribution in [0.2, 0.25) is 0 Å². The molecule has 0 aliphatic carbocycles. The van der Waals surface area contributed by atoms with Crippen molar-refractivity contribution in [2.24, 2.45) is 11.7 Å². The molecule has 1 atom stereocenters. The topological polar surface area (TPSA) is 89.4 Å². The first kappa shape index (κ1) is 14.2. The first-order chi connectivity index (χ1) is 10.6. The molecule has 0 bridgehead atoms. The summed E-state index contributed by atoms with van der Waals surface area (Å²) < 4.78 is 18.7. The van der Waals surface area contributed by atoms with Gasteiger partial charge in [-0.25, -0.2) is 4.39 Å². The molecule has 1 aliphatic heterocycles. The fraction of sp³-hybridized carbons (Fsp3) is 0.267. The second-order valence-corrected chi connectivity index (χ2v) is 5.20. The van der Waals surface area contributed by atoms with Crippen molar-refractivity contribution in [1.82, 2.24) is 10.1 Å². The van der Waals surface area contributed by atoms with Gasteiger partial charge in [0, 0.05) is 19.2 Å². The van der Waals surface area contributed by atoms with Crippen LogP contribution < -0.4 is 5.73 Å². The maximum atomic E-state index is 13.7. The number of benzene rings is 1. The molecule has 0 unspecified atom stereocenters. The minimum Gasteiger partial charge on any atom is -0.369 e. The minimum atomic E-state index is -0.451. The van der Waals surface area contributed by atoms with Crippen LogP contribution in [0.3, 0.4) is 0 Å². The van der Waals surface area contributed by atoms with E-state index in [0.29, 0.717) is 13.0 Å². The monoisotopic (exact) mass is 303 g/mol. The summed E-state index contributed by atoms with van der Waals surface area (Å²) >= 11 is 0. The third-order valence-electron chi connectivity index (χ3n) is 3.75. The van der Waals surface area contributed by atoms with Crippen LogP contribution in [0.1, 0.15) is 16.9 Å². The number of primary amides is 1. The lowest BCUT2D eigenvalue weighted by Crippen LogP contribution is -2.31. The average molecular weight is 303 g/mol. The van der Waals surface area contributed by atoms with E-state index in [2.05, 4.69) is 5.16 Å². The number of aromatic nitrogens is 1. The van der Waals surface area contributed by atoms with Gasteiger partial charge in [0.15, 0.2) is 11.5 Å². The van der Waals surface area contributed by atoms with Crippen molar-refractivity contribution >= 4 is 11.8 Å². The Hall–Kier alpha value is -2.70. The molecule has 114 valence electrons. The second-order valence-electron chi connectivity index (χ2n) is 5.20. The maximum Gasteiger partial charge on any atom is 0.276 e. The number of likely N-dealkylation sites (tertiary alicyclic amines) is 1. The van der Waals surface area contributed by atoms with Gasteiger partial charge >= 0.3 is 0 Å². The molecule has 0 radical (unpaired) electrons. The molecule has 0 saturated carbocycles. The van der Waals surface area contributed by atoms with Gasteiger partial charge < -0.3 is 15.2 Å². The zero-order valence-corrected chi connectivity index (χ0v) is 11.7. The number of hydrogen-bond acceptors (Lipinski definition) is 4. The molecule has 2 amide bonds. The van der Waals surface area contributed by atoms with Gasteiger partial charge in [0.25, 0.3) is 5.91 Å². The zero-order chi connectivity index (χ0) is 15.7. The van der Waals surface area contributed by atoms with Gasteiger partial charge in [0.1, 0.15) is 5.82 Å². The summed E-state index contributed by atoms with van der Waals surface area (Å²) in [4.78, 5) is 24.9. The van der Waals surface area contributed by atoms with E-state index >= 15 is 0 Å². The average Bonchev–Trinajstić information content (AvgIpc) is 3.17. The predicted molar refractivity (Wildman–Crippen MR) is 75.1 cm³/mol. The van der Waals surface area contributed by atoms with Crippen LogP contribution in [-0.4, -0.2) is 35.0 Å². The highest BCUT2D eigenvalue weighted by atomic mass is 19.1. The third-order valence-corrected chi connectivity index (χ3v) is 3.75. The Bertz CT molecular complexity index is 728. The Morgan fingerprint density at radius 3 is 2.82 bits per heavy atom. The highest BCUT2D eigenvalue weighted by Gasteiger charge is 2.31. The van der Waals surface area contributed by atoms with Crippen LogP contribution in [0.4, 0.5) is 4.39 Å². The lowest BCUT2D eigenvalue weighted by molar-refractivity contribution is -0.121. The fourth-order valence-electron chi connectivity index (χ4n) is 2.50. The largest absolute Gasteiger partial charge is 0.369 e. The van der Waals surface area contributed by atoms with Crippen LogP contribution in [0.5, 0.6) is 0 Å². The molecule has 2 N–H and O–H groups in total. The number of nitrogens with two attached hydrogens (primary N) is 1. The first-order valence-electron chi connectivity index (χ1n) is 6.86. The molecule has 1 saturated heterocycles. The molecule has 1 aromatic carbocycles. The lowest BCUT2D eigenvalue weighted by atomic mass is 10.1. The van der Waals surface area contributed by atoms with Gasteiger partial charge in [-0.3, -0.25) is 9.59 Å². The number of carbonyl (C=O) groups excluding carboxylic acids is 2. The van der Waals surface area contributed by atoms with Crippen LogP contribution in [0.15, 0.2) is 34.9 Å². The third kappa shape index (κ3) is 2.57. The lowest BCUT2D eigenvalue weighted by Gasteiger charge is -2.13. The van der Waals surface area contributed by atoms with Crippen LogP contribution >= 0.6 is 0 Å². The molecule has 1 aromatic heterocycles. The van der Waals surface area contributed by atoms with E-state index in [1.165, 1.54) is 17.0 Å². The van der Waals surface area contributed by atoms with Crippen molar-refractivity contribution in [2.45, 2.75) is 6.42 Å². The first-order valence-corrected chi connectivity index (χ1v) is 6.86. The summed E-state index contributed by atoms with van der Waals surface area (Å²) in [6.45, 7) is 0.713. The molecule has 1 fully saturated rings. The summed E-state index contributed by atoms with van der Waals surface area (Å²) in [6, 6.07) is 7.48. The molecule has 2 aromatic rings. The van der Waals surface area contributed by atoms with Crippen molar-refractivity contribution in [1.29, 1.82) is 0 Å². The van der Waals surface area contributed by atoms with E-state index < -0.39 is 11.7 Å². The van der Waals surface area contributed by atoms with Gasteiger partial charge in [-0.1, -0.05) is 17.3 Å². The summed E-state index contributed by atoms with van der Waals surface area (Å²) in [5, 5.41) is 3.70. The van der Waals surface area contributed by atoms with Crippen molar-refractivity contribution in [3.63, 3.8) is 0 Å². The smallest absolute Gasteiger partial charge is 0.276 e. The van der Waals surface area contributed by atoms with E-state index in [0.717, 1.165) is 0 Å². The number of hydrogen-bond donors (Lipinski definition) is 1. The Morgan fingerprint density at radius 2 is 2.14 bits per heavy atom. The Balaban J connectivity index is 1.78. The minimum absolute atomic E-state index is 0.0865. The van der Waals surface area contributed by atoms with E-state index in [4.69, 9.17) is 10.3 Å². The van der Waals surface area contributed by atoms with Gasteiger partial charge in [-0.15, -0.1) is 0 Å². The fourth-order valence-corrected chi connectivity index (χ4v) is 2.50. The number of rotatable bonds is 3. The van der Waals surface area contributed by atoms with E-state index in [9.17, 15) is 14.0 Å². The van der Waals surface area contributed by atoms with E-state index in [1.54, 1.807) is 18.2 Å². The van der Waals surface area contributed by atoms with Gasteiger partial charge in [0.2, 0.25) is 5.91 Å². The standard InChI is InChI=1S/C15H14FN3O3/c16-11-4-2-1-3-10(11)13-7-12(18-22-13)15(21)19-6-5-9(8-19)14(17)20/h1-4,7,9H,5-6,8H2,(H2,17,20)/t9-/m0/s1. The summed E-state index contributed by atoms with van der Waals surface area (Å²) in [6.07, 6.45) is 0.541. The second kappa shape index (κ2) is 5.59. The van der Waals surface area contributed by atoms with Gasteiger partial charge in [-0.05, 0) is 18.6 Å². The Kier molecular flexibility index (Phi) is 3.62. The highest BCUT2D eigenvalue weighted by molar-refractivity contribution is 5.94. The van der Waals surface area contributed by atoms with Crippen molar-refractivity contribution in [3.8, 4) is 11.3 Å². The maximum absolute atomic E-state index is 13.7. The molecule has 22 heavy (non-hydrogen) atoms. The number of carbonyl (C=O) groups is 2. The normalized spacial score (nSPS) is 17.7. The molecular weight excluding hydrogens is 289 g/mol. The van der Waals surface area contributed by atoms with E-state index in [-0.39, 0.29) is 35.4 Å². The van der Waals surface area contributed by atoms with Crippen LogP contribution in [-0.2, 0) is 4.79 Å². The quantitative estimate of drug-likeness (QED) is 0.928. The molecule has 0 spiro atoms. The molecule has 3 rings (SSSR count). The number of halogens is 1. The molecule has 2 heterocycles. The zero-order valence-electron chi connectivity index (χ0n) is 11.7. The SMILES string of the molecule is NC(=O)[C@H]1CCN(C(=O)c2cc(-c3ccccc3F)on2)C1. The van der Waals surface area contributed by atoms with Crippen LogP contribution in [0.25, 0.3) is 11.3 Å². The Morgan fingerprint density at radius 1 is 1.36 bits per heavy atom. The predicted octanol–water partition coefficient (Wildman–Crippen LogP) is 1.43. The van der Waals surface area contributed by atoms with E-state index in [1.807, 2.05) is 0 Å².